The van der Waals surface area contributed by atoms with E-state index in [1.165, 1.54) is 0 Å². The molecular weight excluding hydrogens is 434 g/mol. The van der Waals surface area contributed by atoms with Crippen LogP contribution in [0.3, 0.4) is 0 Å². The molecule has 0 aliphatic carbocycles. The van der Waals surface area contributed by atoms with Gasteiger partial charge in [-0.2, -0.15) is 0 Å². The summed E-state index contributed by atoms with van der Waals surface area (Å²) in [6, 6.07) is 36.5. The van der Waals surface area contributed by atoms with E-state index in [1.807, 2.05) is 92.0 Å². The summed E-state index contributed by atoms with van der Waals surface area (Å²) in [7, 11) is -2.76. The van der Waals surface area contributed by atoms with Crippen LogP contribution in [0.25, 0.3) is 10.9 Å². The molecule has 4 heteroatoms. The van der Waals surface area contributed by atoms with Gasteiger partial charge in [0, 0.05) is 17.3 Å². The van der Waals surface area contributed by atoms with Gasteiger partial charge in [0.25, 0.3) is 8.32 Å². The number of carbonyl (C=O) groups is 1. The Bertz CT molecular complexity index is 1390. The lowest BCUT2D eigenvalue weighted by Gasteiger charge is -2.33. The molecule has 0 unspecified atom stereocenters. The number of aromatic amines is 1. The highest BCUT2D eigenvalue weighted by atomic mass is 28.4. The highest BCUT2D eigenvalue weighted by Gasteiger charge is 2.40. The van der Waals surface area contributed by atoms with Crippen molar-refractivity contribution >= 4 is 35.4 Å². The number of ketones is 1. The molecule has 1 atom stereocenters. The highest BCUT2D eigenvalue weighted by molar-refractivity contribution is 6.96. The molecule has 34 heavy (non-hydrogen) atoms. The Balaban J connectivity index is 1.69. The van der Waals surface area contributed by atoms with Crippen LogP contribution in [0.4, 0.5) is 0 Å². The Morgan fingerprint density at radius 3 is 2.09 bits per heavy atom. The zero-order valence-electron chi connectivity index (χ0n) is 19.4. The van der Waals surface area contributed by atoms with Gasteiger partial charge in [-0.25, -0.2) is 0 Å². The quantitative estimate of drug-likeness (QED) is 0.246. The third-order valence-electron chi connectivity index (χ3n) is 6.45. The fraction of sp³-hybridized carbons (Fsp3) is 0.100. The normalized spacial score (nSPS) is 12.5. The first-order chi connectivity index (χ1) is 16.6. The number of benzene rings is 4. The van der Waals surface area contributed by atoms with Crippen LogP contribution in [0.15, 0.2) is 115 Å². The Hall–Kier alpha value is -3.73. The number of hydrogen-bond acceptors (Lipinski definition) is 2. The number of H-pyrrole nitrogens is 1. The molecule has 1 heterocycles. The van der Waals surface area contributed by atoms with Crippen molar-refractivity contribution in [3.63, 3.8) is 0 Å². The summed E-state index contributed by atoms with van der Waals surface area (Å²) in [4.78, 5) is 17.4. The lowest BCUT2D eigenvalue weighted by Crippen LogP contribution is -2.59. The topological polar surface area (TPSA) is 42.1 Å². The van der Waals surface area contributed by atoms with Crippen LogP contribution in [0.2, 0.25) is 6.55 Å². The van der Waals surface area contributed by atoms with Crippen LogP contribution in [0.1, 0.15) is 27.6 Å². The highest BCUT2D eigenvalue weighted by Crippen LogP contribution is 2.31. The Morgan fingerprint density at radius 1 is 0.794 bits per heavy atom. The molecule has 1 N–H and O–H groups in total. The molecule has 0 radical (unpaired) electrons. The van der Waals surface area contributed by atoms with Gasteiger partial charge in [-0.3, -0.25) is 4.79 Å². The maximum atomic E-state index is 14.1. The largest absolute Gasteiger partial charge is 0.394 e. The molecule has 4 aromatic carbocycles. The Morgan fingerprint density at radius 2 is 1.44 bits per heavy atom. The van der Waals surface area contributed by atoms with E-state index in [2.05, 4.69) is 41.9 Å². The number of Topliss-reactive ketones (excluding diaryl/α,β-unsaturated/α-hetero) is 1. The van der Waals surface area contributed by atoms with Gasteiger partial charge >= 0.3 is 0 Å². The standard InChI is InChI=1S/C30H27NO2Si/c1-22-11-9-13-24(21-22)29(32)30(27-18-10-12-23-19-20-31-28(23)27)33-34(2,25-14-5-3-6-15-25)26-16-7-4-8-17-26/h3-21,30-31H,1-2H3/t30-/m0/s1. The third kappa shape index (κ3) is 4.14. The van der Waals surface area contributed by atoms with Crippen molar-refractivity contribution in [1.29, 1.82) is 0 Å². The van der Waals surface area contributed by atoms with E-state index in [-0.39, 0.29) is 5.78 Å². The first-order valence-electron chi connectivity index (χ1n) is 11.5. The second-order valence-electron chi connectivity index (χ2n) is 8.79. The second-order valence-corrected chi connectivity index (χ2v) is 12.2. The Labute approximate surface area is 201 Å². The molecule has 5 aromatic rings. The van der Waals surface area contributed by atoms with Crippen LogP contribution in [-0.2, 0) is 4.43 Å². The summed E-state index contributed by atoms with van der Waals surface area (Å²) < 4.78 is 7.10. The minimum atomic E-state index is -2.76. The van der Waals surface area contributed by atoms with Gasteiger partial charge in [-0.15, -0.1) is 0 Å². The van der Waals surface area contributed by atoms with Crippen molar-refractivity contribution in [3.05, 3.63) is 132 Å². The van der Waals surface area contributed by atoms with Crippen LogP contribution >= 0.6 is 0 Å². The van der Waals surface area contributed by atoms with E-state index >= 15 is 0 Å². The molecule has 0 fully saturated rings. The summed E-state index contributed by atoms with van der Waals surface area (Å²) in [6.07, 6.45) is 1.16. The predicted molar refractivity (Wildman–Crippen MR) is 141 cm³/mol. The number of fused-ring (bicyclic) bond motifs is 1. The van der Waals surface area contributed by atoms with Crippen molar-refractivity contribution in [1.82, 2.24) is 4.98 Å². The van der Waals surface area contributed by atoms with Crippen molar-refractivity contribution in [3.8, 4) is 0 Å². The number of carbonyl (C=O) groups excluding carboxylic acids is 1. The molecule has 0 saturated heterocycles. The summed E-state index contributed by atoms with van der Waals surface area (Å²) in [6.45, 7) is 4.19. The zero-order valence-corrected chi connectivity index (χ0v) is 20.4. The van der Waals surface area contributed by atoms with Gasteiger partial charge in [0.05, 0.1) is 5.52 Å². The van der Waals surface area contributed by atoms with Crippen LogP contribution in [0.5, 0.6) is 0 Å². The monoisotopic (exact) mass is 461 g/mol. The molecule has 0 amide bonds. The predicted octanol–water partition coefficient (Wildman–Crippen LogP) is 5.81. The average Bonchev–Trinajstić information content (AvgIpc) is 3.37. The van der Waals surface area contributed by atoms with E-state index in [1.54, 1.807) is 0 Å². The van der Waals surface area contributed by atoms with E-state index in [0.717, 1.165) is 32.4 Å². The van der Waals surface area contributed by atoms with Gasteiger partial charge < -0.3 is 9.41 Å². The second kappa shape index (κ2) is 9.25. The zero-order chi connectivity index (χ0) is 23.5. The molecule has 0 aliphatic heterocycles. The lowest BCUT2D eigenvalue weighted by atomic mass is 9.97. The molecule has 3 nitrogen and oxygen atoms in total. The van der Waals surface area contributed by atoms with Gasteiger partial charge in [0.15, 0.2) is 5.78 Å². The maximum Gasteiger partial charge on any atom is 0.254 e. The SMILES string of the molecule is Cc1cccc(C(=O)[C@@H](O[Si](C)(c2ccccc2)c2ccccc2)c2cccc3cc[nH]c23)c1. The fourth-order valence-electron chi connectivity index (χ4n) is 4.59. The molecule has 0 spiro atoms. The van der Waals surface area contributed by atoms with Crippen LogP contribution in [0, 0.1) is 6.92 Å². The van der Waals surface area contributed by atoms with Crippen molar-refractivity contribution < 1.29 is 9.22 Å². The van der Waals surface area contributed by atoms with Crippen LogP contribution in [-0.4, -0.2) is 19.1 Å². The summed E-state index contributed by atoms with van der Waals surface area (Å²) >= 11 is 0. The molecule has 5 rings (SSSR count). The van der Waals surface area contributed by atoms with Gasteiger partial charge in [-0.05, 0) is 41.4 Å². The molecule has 0 saturated carbocycles. The molecular formula is C30H27NO2Si. The first-order valence-corrected chi connectivity index (χ1v) is 13.9. The smallest absolute Gasteiger partial charge is 0.254 e. The average molecular weight is 462 g/mol. The summed E-state index contributed by atoms with van der Waals surface area (Å²) in [5, 5.41) is 3.31. The van der Waals surface area contributed by atoms with E-state index in [9.17, 15) is 4.79 Å². The minimum absolute atomic E-state index is 0.0311. The van der Waals surface area contributed by atoms with E-state index in [4.69, 9.17) is 4.43 Å². The van der Waals surface area contributed by atoms with Gasteiger partial charge in [0.1, 0.15) is 6.10 Å². The first kappa shape index (κ1) is 22.1. The number of hydrogen-bond donors (Lipinski definition) is 1. The number of para-hydroxylation sites is 1. The fourth-order valence-corrected chi connectivity index (χ4v) is 7.55. The molecule has 168 valence electrons. The summed E-state index contributed by atoms with van der Waals surface area (Å²) in [5.74, 6) is -0.0311. The number of aromatic nitrogens is 1. The molecule has 0 aliphatic rings. The van der Waals surface area contributed by atoms with Crippen LogP contribution < -0.4 is 10.4 Å². The van der Waals surface area contributed by atoms with E-state index in [0.29, 0.717) is 5.56 Å². The third-order valence-corrected chi connectivity index (χ3v) is 10.0. The number of aryl methyl sites for hydroxylation is 1. The minimum Gasteiger partial charge on any atom is -0.394 e. The lowest BCUT2D eigenvalue weighted by molar-refractivity contribution is 0.0788. The van der Waals surface area contributed by atoms with Gasteiger partial charge in [0.2, 0.25) is 0 Å². The van der Waals surface area contributed by atoms with Crippen molar-refractivity contribution in [2.24, 2.45) is 0 Å². The molecule has 1 aromatic heterocycles. The molecule has 0 bridgehead atoms. The summed E-state index contributed by atoms with van der Waals surface area (Å²) in [5.41, 5.74) is 3.51. The van der Waals surface area contributed by atoms with E-state index < -0.39 is 14.4 Å². The van der Waals surface area contributed by atoms with Crippen molar-refractivity contribution in [2.45, 2.75) is 19.6 Å². The number of rotatable bonds is 7. The van der Waals surface area contributed by atoms with Crippen molar-refractivity contribution in [2.75, 3.05) is 0 Å². The van der Waals surface area contributed by atoms with Gasteiger partial charge in [-0.1, -0.05) is 103 Å². The Kier molecular flexibility index (Phi) is 6.01. The number of nitrogens with one attached hydrogen (secondary N) is 1. The maximum absolute atomic E-state index is 14.1.